The summed E-state index contributed by atoms with van der Waals surface area (Å²) in [6.45, 7) is 6.10. The average Bonchev–Trinajstić information content (AvgIpc) is 2.16. The number of aliphatic hydroxyl groups excluding tert-OH is 1. The molecule has 1 aromatic rings. The number of hydrogen-bond acceptors (Lipinski definition) is 3. The molecule has 0 amide bonds. The molecule has 0 aliphatic heterocycles. The number of carbonyl (C=O) groups excluding carboxylic acids is 1. The summed E-state index contributed by atoms with van der Waals surface area (Å²) in [6, 6.07) is 5.09. The Labute approximate surface area is 90.8 Å². The molecule has 3 nitrogen and oxygen atoms in total. The van der Waals surface area contributed by atoms with Crippen LogP contribution in [0.3, 0.4) is 0 Å². The van der Waals surface area contributed by atoms with Crippen LogP contribution in [0.1, 0.15) is 15.9 Å². The van der Waals surface area contributed by atoms with Gasteiger partial charge in [0.05, 0.1) is 6.61 Å². The smallest absolute Gasteiger partial charge is 0.242 e. The van der Waals surface area contributed by atoms with Gasteiger partial charge in [-0.15, -0.1) is 0 Å². The fourth-order valence-corrected chi connectivity index (χ4v) is 2.08. The van der Waals surface area contributed by atoms with Gasteiger partial charge in [0, 0.05) is 11.1 Å². The van der Waals surface area contributed by atoms with Gasteiger partial charge in [-0.1, -0.05) is 0 Å². The summed E-state index contributed by atoms with van der Waals surface area (Å²) in [5.41, 5.74) is 1.23. The van der Waals surface area contributed by atoms with Gasteiger partial charge in [0.25, 0.3) is 0 Å². The normalized spacial score (nSPS) is 11.2. The zero-order valence-corrected chi connectivity index (χ0v) is 10.3. The maximum atomic E-state index is 10.6. The van der Waals surface area contributed by atoms with Crippen LogP contribution in [0.15, 0.2) is 18.2 Å². The van der Waals surface area contributed by atoms with Crippen LogP contribution in [-0.4, -0.2) is 19.7 Å². The van der Waals surface area contributed by atoms with Gasteiger partial charge in [0.1, 0.15) is 12.0 Å². The lowest BCUT2D eigenvalue weighted by Gasteiger charge is -2.21. The zero-order valence-electron chi connectivity index (χ0n) is 9.28. The summed E-state index contributed by atoms with van der Waals surface area (Å²) < 4.78 is 5.79. The van der Waals surface area contributed by atoms with Gasteiger partial charge < -0.3 is 9.53 Å². The Hall–Kier alpha value is -1.13. The van der Waals surface area contributed by atoms with Crippen molar-refractivity contribution in [3.8, 4) is 5.75 Å². The molecule has 82 valence electrons. The number of aldehydes is 1. The molecule has 1 rings (SSSR count). The number of aliphatic hydroxyl groups is 1. The molecule has 4 heteroatoms. The molecule has 0 bridgehead atoms. The molecule has 0 radical (unpaired) electrons. The van der Waals surface area contributed by atoms with Crippen LogP contribution in [0, 0.1) is 0 Å². The fourth-order valence-electron chi connectivity index (χ4n) is 1.23. The number of benzene rings is 1. The van der Waals surface area contributed by atoms with Gasteiger partial charge >= 0.3 is 0 Å². The summed E-state index contributed by atoms with van der Waals surface area (Å²) in [4.78, 5) is 10.6. The van der Waals surface area contributed by atoms with E-state index in [1.165, 1.54) is 0 Å². The number of carbonyl (C=O) groups is 1. The molecule has 0 unspecified atom stereocenters. The molecule has 0 saturated heterocycles. The maximum absolute atomic E-state index is 10.6. The SMILES string of the molecule is C[Si](C)(C)Oc1ccc(C=O)cc1CO. The minimum atomic E-state index is -1.67. The molecule has 0 heterocycles. The number of rotatable bonds is 4. The van der Waals surface area contributed by atoms with Gasteiger partial charge in [0.2, 0.25) is 8.32 Å². The van der Waals surface area contributed by atoms with Crippen LogP contribution in [0.5, 0.6) is 5.75 Å². The highest BCUT2D eigenvalue weighted by Crippen LogP contribution is 2.22. The van der Waals surface area contributed by atoms with E-state index in [0.29, 0.717) is 16.9 Å². The molecule has 0 aromatic heterocycles. The maximum Gasteiger partial charge on any atom is 0.242 e. The van der Waals surface area contributed by atoms with E-state index in [2.05, 4.69) is 19.6 Å². The van der Waals surface area contributed by atoms with Crippen LogP contribution in [0.2, 0.25) is 19.6 Å². The van der Waals surface area contributed by atoms with E-state index in [-0.39, 0.29) is 6.61 Å². The second-order valence-electron chi connectivity index (χ2n) is 4.36. The predicted molar refractivity (Wildman–Crippen MR) is 61.7 cm³/mol. The van der Waals surface area contributed by atoms with Crippen LogP contribution in [-0.2, 0) is 6.61 Å². The van der Waals surface area contributed by atoms with Crippen molar-refractivity contribution in [3.05, 3.63) is 29.3 Å². The van der Waals surface area contributed by atoms with Gasteiger partial charge in [-0.25, -0.2) is 0 Å². The molecule has 0 spiro atoms. The highest BCUT2D eigenvalue weighted by atomic mass is 28.4. The van der Waals surface area contributed by atoms with Crippen LogP contribution in [0.25, 0.3) is 0 Å². The molecule has 0 aliphatic carbocycles. The first kappa shape index (κ1) is 11.9. The van der Waals surface area contributed by atoms with Crippen LogP contribution in [0.4, 0.5) is 0 Å². The first-order valence-corrected chi connectivity index (χ1v) is 8.25. The highest BCUT2D eigenvalue weighted by molar-refractivity contribution is 6.70. The Kier molecular flexibility index (Phi) is 3.65. The number of hydrogen-bond donors (Lipinski definition) is 1. The topological polar surface area (TPSA) is 46.5 Å². The van der Waals surface area contributed by atoms with Gasteiger partial charge in [-0.3, -0.25) is 4.79 Å². The average molecular weight is 224 g/mol. The Morgan fingerprint density at radius 3 is 2.53 bits per heavy atom. The Morgan fingerprint density at radius 2 is 2.07 bits per heavy atom. The second-order valence-corrected chi connectivity index (χ2v) is 8.79. The lowest BCUT2D eigenvalue weighted by molar-refractivity contribution is 0.112. The Morgan fingerprint density at radius 1 is 1.40 bits per heavy atom. The van der Waals surface area contributed by atoms with Crippen LogP contribution >= 0.6 is 0 Å². The molecular formula is C11H16O3Si. The molecular weight excluding hydrogens is 208 g/mol. The first-order valence-electron chi connectivity index (χ1n) is 4.84. The Balaban J connectivity index is 3.02. The Bertz CT molecular complexity index is 355. The monoisotopic (exact) mass is 224 g/mol. The molecule has 15 heavy (non-hydrogen) atoms. The third-order valence-electron chi connectivity index (χ3n) is 1.81. The zero-order chi connectivity index (χ0) is 11.5. The lowest BCUT2D eigenvalue weighted by atomic mass is 10.1. The van der Waals surface area contributed by atoms with Crippen molar-refractivity contribution in [1.29, 1.82) is 0 Å². The lowest BCUT2D eigenvalue weighted by Crippen LogP contribution is -2.29. The quantitative estimate of drug-likeness (QED) is 0.630. The molecule has 1 aromatic carbocycles. The molecule has 1 N–H and O–H groups in total. The van der Waals surface area contributed by atoms with Gasteiger partial charge in [-0.05, 0) is 37.8 Å². The highest BCUT2D eigenvalue weighted by Gasteiger charge is 2.18. The van der Waals surface area contributed by atoms with Crippen molar-refractivity contribution in [2.45, 2.75) is 26.2 Å². The van der Waals surface area contributed by atoms with Crippen molar-refractivity contribution in [2.75, 3.05) is 0 Å². The molecule has 0 saturated carbocycles. The summed E-state index contributed by atoms with van der Waals surface area (Å²) >= 11 is 0. The minimum absolute atomic E-state index is 0.110. The first-order chi connectivity index (χ1) is 6.96. The second kappa shape index (κ2) is 4.59. The largest absolute Gasteiger partial charge is 0.544 e. The van der Waals surface area contributed by atoms with Crippen molar-refractivity contribution in [2.24, 2.45) is 0 Å². The fraction of sp³-hybridized carbons (Fsp3) is 0.364. The van der Waals surface area contributed by atoms with E-state index in [9.17, 15) is 4.79 Å². The summed E-state index contributed by atoms with van der Waals surface area (Å²) in [5, 5.41) is 9.15. The molecule has 0 aliphatic rings. The van der Waals surface area contributed by atoms with Crippen molar-refractivity contribution >= 4 is 14.6 Å². The molecule has 0 fully saturated rings. The van der Waals surface area contributed by atoms with E-state index in [0.717, 1.165) is 6.29 Å². The van der Waals surface area contributed by atoms with Crippen molar-refractivity contribution < 1.29 is 14.3 Å². The summed E-state index contributed by atoms with van der Waals surface area (Å²) in [6.07, 6.45) is 0.761. The van der Waals surface area contributed by atoms with Gasteiger partial charge in [0.15, 0.2) is 0 Å². The van der Waals surface area contributed by atoms with E-state index in [1.54, 1.807) is 18.2 Å². The predicted octanol–water partition coefficient (Wildman–Crippen LogP) is 2.21. The van der Waals surface area contributed by atoms with E-state index in [1.807, 2.05) is 0 Å². The van der Waals surface area contributed by atoms with E-state index >= 15 is 0 Å². The summed E-state index contributed by atoms with van der Waals surface area (Å²) in [7, 11) is -1.67. The summed E-state index contributed by atoms with van der Waals surface area (Å²) in [5.74, 6) is 0.683. The van der Waals surface area contributed by atoms with Crippen molar-refractivity contribution in [3.63, 3.8) is 0 Å². The van der Waals surface area contributed by atoms with Gasteiger partial charge in [-0.2, -0.15) is 0 Å². The van der Waals surface area contributed by atoms with Crippen molar-refractivity contribution in [1.82, 2.24) is 0 Å². The van der Waals surface area contributed by atoms with Crippen LogP contribution < -0.4 is 4.43 Å². The third kappa shape index (κ3) is 3.49. The third-order valence-corrected chi connectivity index (χ3v) is 2.64. The van der Waals surface area contributed by atoms with E-state index < -0.39 is 8.32 Å². The molecule has 0 atom stereocenters. The van der Waals surface area contributed by atoms with E-state index in [4.69, 9.17) is 9.53 Å². The minimum Gasteiger partial charge on any atom is -0.544 e. The standard InChI is InChI=1S/C11H16O3Si/c1-15(2,3)14-11-5-4-9(7-12)6-10(11)8-13/h4-7,13H,8H2,1-3H3.